The number of aromatic nitrogens is 2. The lowest BCUT2D eigenvalue weighted by Crippen LogP contribution is -2.31. The number of carbonyl (C=O) groups is 1. The van der Waals surface area contributed by atoms with Crippen molar-refractivity contribution < 1.29 is 4.79 Å². The fraction of sp³-hybridized carbons (Fsp3) is 0.259. The van der Waals surface area contributed by atoms with E-state index in [0.29, 0.717) is 12.1 Å². The topological polar surface area (TPSA) is 75.0 Å². The molecule has 1 fully saturated rings. The van der Waals surface area contributed by atoms with Crippen LogP contribution in [-0.4, -0.2) is 39.9 Å². The molecule has 5 heteroatoms. The molecule has 4 aromatic rings. The highest BCUT2D eigenvalue weighted by Crippen LogP contribution is 2.33. The molecule has 1 saturated heterocycles. The van der Waals surface area contributed by atoms with E-state index in [1.54, 1.807) is 0 Å². The summed E-state index contributed by atoms with van der Waals surface area (Å²) in [5, 5.41) is 1.20. The quantitative estimate of drug-likeness (QED) is 0.486. The van der Waals surface area contributed by atoms with Crippen molar-refractivity contribution in [3.05, 3.63) is 77.1 Å². The monoisotopic (exact) mass is 424 g/mol. The summed E-state index contributed by atoms with van der Waals surface area (Å²) in [5.74, 6) is 0.0577. The fourth-order valence-corrected chi connectivity index (χ4v) is 4.77. The number of nitrogens with two attached hydrogens (primary N) is 1. The summed E-state index contributed by atoms with van der Waals surface area (Å²) in [7, 11) is 0. The number of aryl methyl sites for hydroxylation is 3. The maximum Gasteiger partial charge on any atom is 0.253 e. The molecule has 3 heterocycles. The summed E-state index contributed by atoms with van der Waals surface area (Å²) in [4.78, 5) is 22.9. The van der Waals surface area contributed by atoms with Gasteiger partial charge < -0.3 is 15.6 Å². The standard InChI is InChI=1S/C27H28N4O/c1-16-11-22(12-17(2)29-16)26-18(3)24-8-7-20(14-25(24)30-26)19-5-4-6-21(13-19)27(32)31-10-9-23(28)15-31/h4-8,11-14,23,30H,9-10,15,28H2,1-3H3/t23-/m0/s1. The molecule has 1 atom stereocenters. The fourth-order valence-electron chi connectivity index (χ4n) is 4.77. The highest BCUT2D eigenvalue weighted by atomic mass is 16.2. The van der Waals surface area contributed by atoms with Crippen LogP contribution >= 0.6 is 0 Å². The van der Waals surface area contributed by atoms with Gasteiger partial charge in [-0.2, -0.15) is 0 Å². The van der Waals surface area contributed by atoms with Crippen molar-refractivity contribution in [1.29, 1.82) is 0 Å². The lowest BCUT2D eigenvalue weighted by atomic mass is 10.0. The van der Waals surface area contributed by atoms with Crippen LogP contribution in [0.4, 0.5) is 0 Å². The smallest absolute Gasteiger partial charge is 0.253 e. The predicted octanol–water partition coefficient (Wildman–Crippen LogP) is 5.00. The number of benzene rings is 2. The van der Waals surface area contributed by atoms with E-state index >= 15 is 0 Å². The molecule has 5 nitrogen and oxygen atoms in total. The Labute approximate surface area is 188 Å². The Morgan fingerprint density at radius 3 is 2.47 bits per heavy atom. The average Bonchev–Trinajstić information content (AvgIpc) is 3.35. The van der Waals surface area contributed by atoms with Gasteiger partial charge in [-0.25, -0.2) is 0 Å². The van der Waals surface area contributed by atoms with Gasteiger partial charge in [0.1, 0.15) is 0 Å². The van der Waals surface area contributed by atoms with Gasteiger partial charge >= 0.3 is 0 Å². The Hall–Kier alpha value is -3.44. The Kier molecular flexibility index (Phi) is 5.06. The number of nitrogens with one attached hydrogen (secondary N) is 1. The summed E-state index contributed by atoms with van der Waals surface area (Å²) in [5.41, 5.74) is 15.4. The zero-order valence-corrected chi connectivity index (χ0v) is 18.8. The molecule has 1 amide bonds. The number of fused-ring (bicyclic) bond motifs is 1. The average molecular weight is 425 g/mol. The molecular formula is C27H28N4O. The van der Waals surface area contributed by atoms with Crippen molar-refractivity contribution in [2.45, 2.75) is 33.2 Å². The number of H-pyrrole nitrogens is 1. The van der Waals surface area contributed by atoms with Crippen LogP contribution in [0, 0.1) is 20.8 Å². The summed E-state index contributed by atoms with van der Waals surface area (Å²) in [6.07, 6.45) is 0.868. The normalized spacial score (nSPS) is 16.1. The van der Waals surface area contributed by atoms with Crippen LogP contribution < -0.4 is 5.73 Å². The largest absolute Gasteiger partial charge is 0.354 e. The minimum Gasteiger partial charge on any atom is -0.354 e. The second-order valence-electron chi connectivity index (χ2n) is 8.90. The summed E-state index contributed by atoms with van der Waals surface area (Å²) < 4.78 is 0. The molecule has 1 aliphatic heterocycles. The van der Waals surface area contributed by atoms with E-state index in [-0.39, 0.29) is 11.9 Å². The third-order valence-electron chi connectivity index (χ3n) is 6.38. The molecule has 162 valence electrons. The van der Waals surface area contributed by atoms with Gasteiger partial charge in [0.05, 0.1) is 0 Å². The van der Waals surface area contributed by atoms with Crippen LogP contribution in [0.15, 0.2) is 54.6 Å². The van der Waals surface area contributed by atoms with Crippen LogP contribution in [0.5, 0.6) is 0 Å². The molecule has 0 unspecified atom stereocenters. The van der Waals surface area contributed by atoms with Gasteiger partial charge in [0.25, 0.3) is 5.91 Å². The summed E-state index contributed by atoms with van der Waals surface area (Å²) >= 11 is 0. The van der Waals surface area contributed by atoms with E-state index in [2.05, 4.69) is 53.3 Å². The van der Waals surface area contributed by atoms with Gasteiger partial charge in [0, 0.05) is 58.2 Å². The van der Waals surface area contributed by atoms with E-state index in [1.165, 1.54) is 10.9 Å². The van der Waals surface area contributed by atoms with Crippen molar-refractivity contribution >= 4 is 16.8 Å². The molecule has 0 aliphatic carbocycles. The minimum atomic E-state index is 0.0577. The van der Waals surface area contributed by atoms with E-state index in [9.17, 15) is 4.79 Å². The Bertz CT molecular complexity index is 1320. The Balaban J connectivity index is 1.51. The van der Waals surface area contributed by atoms with Gasteiger partial charge in [0.2, 0.25) is 0 Å². The van der Waals surface area contributed by atoms with Gasteiger partial charge in [-0.05, 0) is 74.2 Å². The van der Waals surface area contributed by atoms with Crippen molar-refractivity contribution in [1.82, 2.24) is 14.9 Å². The van der Waals surface area contributed by atoms with Crippen LogP contribution in [0.3, 0.4) is 0 Å². The first-order valence-corrected chi connectivity index (χ1v) is 11.1. The van der Waals surface area contributed by atoms with Crippen LogP contribution in [0.2, 0.25) is 0 Å². The van der Waals surface area contributed by atoms with Crippen LogP contribution in [-0.2, 0) is 0 Å². The molecule has 2 aromatic carbocycles. The lowest BCUT2D eigenvalue weighted by Gasteiger charge is -2.16. The Morgan fingerprint density at radius 1 is 1.00 bits per heavy atom. The van der Waals surface area contributed by atoms with E-state index in [4.69, 9.17) is 5.73 Å². The predicted molar refractivity (Wildman–Crippen MR) is 130 cm³/mol. The number of likely N-dealkylation sites (tertiary alicyclic amines) is 1. The molecule has 32 heavy (non-hydrogen) atoms. The molecule has 0 spiro atoms. The first-order valence-electron chi connectivity index (χ1n) is 11.1. The van der Waals surface area contributed by atoms with Crippen molar-refractivity contribution in [2.75, 3.05) is 13.1 Å². The number of hydrogen-bond donors (Lipinski definition) is 2. The van der Waals surface area contributed by atoms with Gasteiger partial charge in [0.15, 0.2) is 0 Å². The van der Waals surface area contributed by atoms with Crippen molar-refractivity contribution in [3.63, 3.8) is 0 Å². The number of carbonyl (C=O) groups excluding carboxylic acids is 1. The summed E-state index contributed by atoms with van der Waals surface area (Å²) in [6, 6.07) is 18.7. The number of nitrogens with zero attached hydrogens (tertiary/aromatic N) is 2. The number of amides is 1. The van der Waals surface area contributed by atoms with Crippen LogP contribution in [0.1, 0.15) is 33.7 Å². The molecule has 3 N–H and O–H groups in total. The second kappa shape index (κ2) is 7.92. The molecule has 0 saturated carbocycles. The van der Waals surface area contributed by atoms with E-state index < -0.39 is 0 Å². The van der Waals surface area contributed by atoms with E-state index in [1.807, 2.05) is 36.9 Å². The van der Waals surface area contributed by atoms with Crippen LogP contribution in [0.25, 0.3) is 33.3 Å². The zero-order chi connectivity index (χ0) is 22.4. The Morgan fingerprint density at radius 2 is 1.75 bits per heavy atom. The van der Waals surface area contributed by atoms with Crippen molar-refractivity contribution in [3.8, 4) is 22.4 Å². The highest BCUT2D eigenvalue weighted by molar-refractivity contribution is 5.97. The third kappa shape index (κ3) is 3.69. The molecular weight excluding hydrogens is 396 g/mol. The maximum atomic E-state index is 12.9. The van der Waals surface area contributed by atoms with Gasteiger partial charge in [-0.1, -0.05) is 24.3 Å². The summed E-state index contributed by atoms with van der Waals surface area (Å²) in [6.45, 7) is 7.56. The highest BCUT2D eigenvalue weighted by Gasteiger charge is 2.24. The van der Waals surface area contributed by atoms with Gasteiger partial charge in [-0.3, -0.25) is 9.78 Å². The number of aromatic amines is 1. The minimum absolute atomic E-state index is 0.0577. The van der Waals surface area contributed by atoms with E-state index in [0.717, 1.165) is 52.3 Å². The number of pyridine rings is 1. The molecule has 0 radical (unpaired) electrons. The maximum absolute atomic E-state index is 12.9. The first-order chi connectivity index (χ1) is 15.4. The first kappa shape index (κ1) is 20.5. The third-order valence-corrected chi connectivity index (χ3v) is 6.38. The van der Waals surface area contributed by atoms with Gasteiger partial charge in [-0.15, -0.1) is 0 Å². The SMILES string of the molecule is Cc1cc(-c2[nH]c3cc(-c4cccc(C(=O)N5CC[C@H](N)C5)c4)ccc3c2C)cc(C)n1. The zero-order valence-electron chi connectivity index (χ0n) is 18.8. The molecule has 2 aromatic heterocycles. The molecule has 0 bridgehead atoms. The van der Waals surface area contributed by atoms with Crippen molar-refractivity contribution in [2.24, 2.45) is 5.73 Å². The number of hydrogen-bond acceptors (Lipinski definition) is 3. The molecule has 5 rings (SSSR count). The second-order valence-corrected chi connectivity index (χ2v) is 8.90. The molecule has 1 aliphatic rings. The number of rotatable bonds is 3. The lowest BCUT2D eigenvalue weighted by molar-refractivity contribution is 0.0791.